The number of aliphatic hydroxyl groups excluding tert-OH is 1. The van der Waals surface area contributed by atoms with E-state index in [1.165, 1.54) is 4.90 Å². The monoisotopic (exact) mass is 258 g/mol. The average Bonchev–Trinajstić information content (AvgIpc) is 2.42. The maximum absolute atomic E-state index is 10.1. The molecule has 0 amide bonds. The fourth-order valence-corrected chi connectivity index (χ4v) is 3.05. The Kier molecular flexibility index (Phi) is 3.40. The number of piperidine rings is 1. The Labute approximate surface area is 113 Å². The van der Waals surface area contributed by atoms with Gasteiger partial charge >= 0.3 is 0 Å². The molecule has 1 aliphatic heterocycles. The molecule has 0 aliphatic carbocycles. The van der Waals surface area contributed by atoms with Crippen LogP contribution in [0.25, 0.3) is 10.8 Å². The zero-order chi connectivity index (χ0) is 13.2. The fraction of sp³-hybridized carbons (Fsp3) is 0.375. The lowest BCUT2D eigenvalue weighted by molar-refractivity contribution is -0.921. The van der Waals surface area contributed by atoms with Crippen molar-refractivity contribution in [1.82, 2.24) is 0 Å². The summed E-state index contributed by atoms with van der Waals surface area (Å²) in [5.41, 5.74) is 1.00. The number of likely N-dealkylation sites (tertiary alicyclic amines) is 1. The highest BCUT2D eigenvalue weighted by Crippen LogP contribution is 2.26. The van der Waals surface area contributed by atoms with Crippen LogP contribution in [0.1, 0.15) is 18.4 Å². The summed E-state index contributed by atoms with van der Waals surface area (Å²) in [6.07, 6.45) is 1.77. The van der Waals surface area contributed by atoms with Gasteiger partial charge < -0.3 is 15.1 Å². The first kappa shape index (κ1) is 12.5. The lowest BCUT2D eigenvalue weighted by atomic mass is 10.0. The summed E-state index contributed by atoms with van der Waals surface area (Å²) in [6.45, 7) is 2.63. The molecule has 2 atom stereocenters. The zero-order valence-electron chi connectivity index (χ0n) is 11.0. The minimum Gasteiger partial charge on any atom is -0.507 e. The van der Waals surface area contributed by atoms with E-state index in [4.69, 9.17) is 0 Å². The van der Waals surface area contributed by atoms with Crippen molar-refractivity contribution < 1.29 is 15.1 Å². The maximum Gasteiger partial charge on any atom is 0.125 e. The number of fused-ring (bicyclic) bond motifs is 1. The Bertz CT molecular complexity index is 582. The molecule has 100 valence electrons. The molecule has 1 heterocycles. The van der Waals surface area contributed by atoms with E-state index in [2.05, 4.69) is 12.1 Å². The van der Waals surface area contributed by atoms with Crippen molar-refractivity contribution in [2.75, 3.05) is 13.1 Å². The molecule has 1 fully saturated rings. The van der Waals surface area contributed by atoms with Crippen LogP contribution in [0, 0.1) is 0 Å². The van der Waals surface area contributed by atoms with Gasteiger partial charge in [-0.05, 0) is 29.7 Å². The topological polar surface area (TPSA) is 44.9 Å². The molecule has 0 aromatic heterocycles. The van der Waals surface area contributed by atoms with E-state index in [0.29, 0.717) is 5.75 Å². The molecule has 1 saturated heterocycles. The van der Waals surface area contributed by atoms with Gasteiger partial charge in [0.2, 0.25) is 0 Å². The Hall–Kier alpha value is -1.58. The zero-order valence-corrected chi connectivity index (χ0v) is 11.0. The third-order valence-electron chi connectivity index (χ3n) is 4.03. The summed E-state index contributed by atoms with van der Waals surface area (Å²) in [7, 11) is 0. The highest BCUT2D eigenvalue weighted by Gasteiger charge is 2.22. The molecule has 0 bridgehead atoms. The average molecular weight is 258 g/mol. The summed E-state index contributed by atoms with van der Waals surface area (Å²) >= 11 is 0. The lowest BCUT2D eigenvalue weighted by Gasteiger charge is -2.27. The molecule has 1 unspecified atom stereocenters. The van der Waals surface area contributed by atoms with Crippen LogP contribution in [-0.4, -0.2) is 29.4 Å². The SMILES string of the molecule is Oc1ccc2ccccc2c1C[NH+]1CCC[C@@H](O)C1. The summed E-state index contributed by atoms with van der Waals surface area (Å²) in [5.74, 6) is 0.367. The number of aliphatic hydroxyl groups is 1. The second-order valence-corrected chi connectivity index (χ2v) is 5.46. The van der Waals surface area contributed by atoms with E-state index in [-0.39, 0.29) is 6.10 Å². The number of rotatable bonds is 2. The van der Waals surface area contributed by atoms with Crippen LogP contribution in [-0.2, 0) is 6.54 Å². The fourth-order valence-electron chi connectivity index (χ4n) is 3.05. The maximum atomic E-state index is 10.1. The molecule has 3 nitrogen and oxygen atoms in total. The number of aromatic hydroxyl groups is 1. The number of phenolic OH excluding ortho intramolecular Hbond substituents is 1. The Morgan fingerprint density at radius 3 is 2.84 bits per heavy atom. The molecule has 0 spiro atoms. The summed E-state index contributed by atoms with van der Waals surface area (Å²) < 4.78 is 0. The van der Waals surface area contributed by atoms with Gasteiger partial charge in [-0.15, -0.1) is 0 Å². The molecule has 3 rings (SSSR count). The largest absolute Gasteiger partial charge is 0.507 e. The highest BCUT2D eigenvalue weighted by atomic mass is 16.3. The molecular weight excluding hydrogens is 238 g/mol. The van der Waals surface area contributed by atoms with Crippen molar-refractivity contribution in [2.45, 2.75) is 25.5 Å². The van der Waals surface area contributed by atoms with E-state index in [1.807, 2.05) is 18.2 Å². The van der Waals surface area contributed by atoms with Gasteiger partial charge in [-0.1, -0.05) is 30.3 Å². The Morgan fingerprint density at radius 1 is 1.16 bits per heavy atom. The minimum atomic E-state index is -0.194. The molecule has 3 N–H and O–H groups in total. The van der Waals surface area contributed by atoms with Gasteiger partial charge in [0.25, 0.3) is 0 Å². The molecule has 0 radical (unpaired) electrons. The molecule has 3 heteroatoms. The van der Waals surface area contributed by atoms with Gasteiger partial charge in [-0.25, -0.2) is 0 Å². The van der Waals surface area contributed by atoms with Crippen molar-refractivity contribution in [3.63, 3.8) is 0 Å². The van der Waals surface area contributed by atoms with E-state index in [0.717, 1.165) is 48.8 Å². The predicted molar refractivity (Wildman–Crippen MR) is 75.3 cm³/mol. The third-order valence-corrected chi connectivity index (χ3v) is 4.03. The summed E-state index contributed by atoms with van der Waals surface area (Å²) in [6, 6.07) is 11.9. The number of hydrogen-bond acceptors (Lipinski definition) is 2. The molecule has 19 heavy (non-hydrogen) atoms. The van der Waals surface area contributed by atoms with Crippen LogP contribution in [0.3, 0.4) is 0 Å². The quantitative estimate of drug-likeness (QED) is 0.755. The van der Waals surface area contributed by atoms with Crippen LogP contribution in [0.2, 0.25) is 0 Å². The first-order valence-corrected chi connectivity index (χ1v) is 6.95. The van der Waals surface area contributed by atoms with Crippen LogP contribution in [0.15, 0.2) is 36.4 Å². The van der Waals surface area contributed by atoms with Crippen LogP contribution in [0.4, 0.5) is 0 Å². The molecule has 1 aliphatic rings. The first-order valence-electron chi connectivity index (χ1n) is 6.95. The highest BCUT2D eigenvalue weighted by molar-refractivity contribution is 5.87. The van der Waals surface area contributed by atoms with Gasteiger partial charge in [-0.2, -0.15) is 0 Å². The smallest absolute Gasteiger partial charge is 0.125 e. The second-order valence-electron chi connectivity index (χ2n) is 5.46. The summed E-state index contributed by atoms with van der Waals surface area (Å²) in [5, 5.41) is 22.2. The number of phenols is 1. The van der Waals surface area contributed by atoms with Gasteiger partial charge in [0.05, 0.1) is 12.1 Å². The third kappa shape index (κ3) is 2.57. The number of hydrogen-bond donors (Lipinski definition) is 3. The minimum absolute atomic E-state index is 0.194. The Balaban J connectivity index is 1.93. The number of benzene rings is 2. The normalized spacial score (nSPS) is 23.6. The molecule has 2 aromatic rings. The van der Waals surface area contributed by atoms with E-state index in [1.54, 1.807) is 6.07 Å². The lowest BCUT2D eigenvalue weighted by Crippen LogP contribution is -3.12. The molecular formula is C16H20NO2+. The van der Waals surface area contributed by atoms with Crippen molar-refractivity contribution in [1.29, 1.82) is 0 Å². The number of quaternary nitrogens is 1. The van der Waals surface area contributed by atoms with E-state index in [9.17, 15) is 10.2 Å². The molecule has 0 saturated carbocycles. The van der Waals surface area contributed by atoms with Crippen LogP contribution >= 0.6 is 0 Å². The standard InChI is InChI=1S/C16H19NO2/c18-13-5-3-9-17(10-13)11-15-14-6-2-1-4-12(14)7-8-16(15)19/h1-2,4,6-8,13,18-19H,3,5,9-11H2/p+1/t13-/m1/s1. The summed E-state index contributed by atoms with van der Waals surface area (Å²) in [4.78, 5) is 1.35. The van der Waals surface area contributed by atoms with Crippen LogP contribution in [0.5, 0.6) is 5.75 Å². The molecule has 2 aromatic carbocycles. The van der Waals surface area contributed by atoms with Gasteiger partial charge in [0, 0.05) is 0 Å². The van der Waals surface area contributed by atoms with Gasteiger partial charge in [0.1, 0.15) is 24.9 Å². The van der Waals surface area contributed by atoms with E-state index >= 15 is 0 Å². The number of nitrogens with one attached hydrogen (secondary N) is 1. The Morgan fingerprint density at radius 2 is 2.00 bits per heavy atom. The van der Waals surface area contributed by atoms with Gasteiger partial charge in [-0.3, -0.25) is 0 Å². The van der Waals surface area contributed by atoms with E-state index < -0.39 is 0 Å². The van der Waals surface area contributed by atoms with Crippen molar-refractivity contribution >= 4 is 10.8 Å². The first-order chi connectivity index (χ1) is 9.24. The second kappa shape index (κ2) is 5.19. The van der Waals surface area contributed by atoms with Crippen molar-refractivity contribution in [3.05, 3.63) is 42.0 Å². The van der Waals surface area contributed by atoms with Gasteiger partial charge in [0.15, 0.2) is 0 Å². The van der Waals surface area contributed by atoms with Crippen LogP contribution < -0.4 is 4.90 Å². The predicted octanol–water partition coefficient (Wildman–Crippen LogP) is 1.08. The van der Waals surface area contributed by atoms with Crippen molar-refractivity contribution in [3.8, 4) is 5.75 Å². The van der Waals surface area contributed by atoms with Crippen molar-refractivity contribution in [2.24, 2.45) is 0 Å².